The van der Waals surface area contributed by atoms with E-state index in [0.29, 0.717) is 18.9 Å². The molecule has 0 fully saturated rings. The van der Waals surface area contributed by atoms with Crippen molar-refractivity contribution in [2.24, 2.45) is 0 Å². The van der Waals surface area contributed by atoms with Crippen molar-refractivity contribution in [1.29, 1.82) is 0 Å². The van der Waals surface area contributed by atoms with Gasteiger partial charge in [0.15, 0.2) is 0 Å². The molecule has 0 radical (unpaired) electrons. The number of ether oxygens (including phenoxy) is 1. The first-order valence-corrected chi connectivity index (χ1v) is 6.01. The van der Waals surface area contributed by atoms with Crippen LogP contribution in [-0.2, 0) is 16.1 Å². The van der Waals surface area contributed by atoms with Gasteiger partial charge < -0.3 is 9.72 Å². The summed E-state index contributed by atoms with van der Waals surface area (Å²) in [5.74, 6) is 0.107. The summed E-state index contributed by atoms with van der Waals surface area (Å²) in [7, 11) is 0. The van der Waals surface area contributed by atoms with E-state index >= 15 is 0 Å². The standard InChI is InChI=1S/C14H16N2O2/c1-2-12(13-15-8-9-16-13)14(17)18-10-11-6-4-3-5-7-11/h3-9,12H,2,10H2,1H3,(H,15,16). The molecule has 0 amide bonds. The molecule has 0 aliphatic rings. The van der Waals surface area contributed by atoms with Gasteiger partial charge in [-0.25, -0.2) is 4.98 Å². The number of hydrogen-bond donors (Lipinski definition) is 1. The summed E-state index contributed by atoms with van der Waals surface area (Å²) in [4.78, 5) is 19.0. The number of carbonyl (C=O) groups is 1. The summed E-state index contributed by atoms with van der Waals surface area (Å²) in [5, 5.41) is 0. The minimum absolute atomic E-state index is 0.240. The van der Waals surface area contributed by atoms with Crippen LogP contribution >= 0.6 is 0 Å². The molecule has 2 aromatic rings. The van der Waals surface area contributed by atoms with Crippen molar-refractivity contribution >= 4 is 5.97 Å². The number of aromatic amines is 1. The third-order valence-corrected chi connectivity index (χ3v) is 2.77. The Balaban J connectivity index is 1.95. The van der Waals surface area contributed by atoms with Crippen molar-refractivity contribution in [2.75, 3.05) is 0 Å². The molecule has 0 spiro atoms. The fraction of sp³-hybridized carbons (Fsp3) is 0.286. The number of H-pyrrole nitrogens is 1. The van der Waals surface area contributed by atoms with Gasteiger partial charge in [0.05, 0.1) is 0 Å². The molecule has 4 nitrogen and oxygen atoms in total. The van der Waals surface area contributed by atoms with Gasteiger partial charge in [0.1, 0.15) is 18.3 Å². The summed E-state index contributed by atoms with van der Waals surface area (Å²) in [6.07, 6.45) is 4.02. The molecular weight excluding hydrogens is 228 g/mol. The molecule has 0 saturated heterocycles. The molecule has 0 aliphatic carbocycles. The number of aromatic nitrogens is 2. The van der Waals surface area contributed by atoms with Crippen LogP contribution < -0.4 is 0 Å². The maximum atomic E-state index is 12.0. The van der Waals surface area contributed by atoms with Gasteiger partial charge in [-0.3, -0.25) is 4.79 Å². The summed E-state index contributed by atoms with van der Waals surface area (Å²) in [6.45, 7) is 2.24. The summed E-state index contributed by atoms with van der Waals surface area (Å²) in [6, 6.07) is 9.64. The zero-order chi connectivity index (χ0) is 12.8. The lowest BCUT2D eigenvalue weighted by Crippen LogP contribution is -2.16. The van der Waals surface area contributed by atoms with Crippen LogP contribution in [0.2, 0.25) is 0 Å². The van der Waals surface area contributed by atoms with E-state index in [1.54, 1.807) is 12.4 Å². The zero-order valence-corrected chi connectivity index (χ0v) is 10.3. The molecule has 1 atom stereocenters. The van der Waals surface area contributed by atoms with Crippen LogP contribution in [-0.4, -0.2) is 15.9 Å². The number of benzene rings is 1. The SMILES string of the molecule is CCC(C(=O)OCc1ccccc1)c1ncc[nH]1. The van der Waals surface area contributed by atoms with Gasteiger partial charge >= 0.3 is 5.97 Å². The average molecular weight is 244 g/mol. The van der Waals surface area contributed by atoms with Crippen LogP contribution in [0.1, 0.15) is 30.7 Å². The number of nitrogens with one attached hydrogen (secondary N) is 1. The third-order valence-electron chi connectivity index (χ3n) is 2.77. The Morgan fingerprint density at radius 1 is 1.39 bits per heavy atom. The largest absolute Gasteiger partial charge is 0.460 e. The van der Waals surface area contributed by atoms with E-state index in [1.165, 1.54) is 0 Å². The molecule has 1 N–H and O–H groups in total. The van der Waals surface area contributed by atoms with Crippen molar-refractivity contribution < 1.29 is 9.53 Å². The lowest BCUT2D eigenvalue weighted by molar-refractivity contribution is -0.147. The highest BCUT2D eigenvalue weighted by atomic mass is 16.5. The van der Waals surface area contributed by atoms with E-state index in [4.69, 9.17) is 4.74 Å². The van der Waals surface area contributed by atoms with Crippen LogP contribution in [0, 0.1) is 0 Å². The first kappa shape index (κ1) is 12.4. The van der Waals surface area contributed by atoms with E-state index in [9.17, 15) is 4.79 Å². The fourth-order valence-corrected chi connectivity index (χ4v) is 1.77. The predicted octanol–water partition coefficient (Wildman–Crippen LogP) is 2.65. The monoisotopic (exact) mass is 244 g/mol. The number of imidazole rings is 1. The fourth-order valence-electron chi connectivity index (χ4n) is 1.77. The van der Waals surface area contributed by atoms with Gasteiger partial charge in [-0.15, -0.1) is 0 Å². The van der Waals surface area contributed by atoms with Crippen LogP contribution in [0.25, 0.3) is 0 Å². The second-order valence-electron chi connectivity index (χ2n) is 4.03. The number of hydrogen-bond acceptors (Lipinski definition) is 3. The van der Waals surface area contributed by atoms with Gasteiger partial charge in [-0.05, 0) is 12.0 Å². The van der Waals surface area contributed by atoms with Crippen molar-refractivity contribution in [3.05, 3.63) is 54.1 Å². The zero-order valence-electron chi connectivity index (χ0n) is 10.3. The number of nitrogens with zero attached hydrogens (tertiary/aromatic N) is 1. The highest BCUT2D eigenvalue weighted by Crippen LogP contribution is 2.17. The topological polar surface area (TPSA) is 55.0 Å². The Labute approximate surface area is 106 Å². The molecule has 1 unspecified atom stereocenters. The summed E-state index contributed by atoms with van der Waals surface area (Å²) in [5.41, 5.74) is 0.986. The average Bonchev–Trinajstić information content (AvgIpc) is 2.92. The molecule has 1 aromatic carbocycles. The lowest BCUT2D eigenvalue weighted by atomic mass is 10.1. The first-order chi connectivity index (χ1) is 8.81. The van der Waals surface area contributed by atoms with Gasteiger partial charge in [0, 0.05) is 12.4 Å². The number of esters is 1. The molecule has 0 bridgehead atoms. The Morgan fingerprint density at radius 2 is 2.17 bits per heavy atom. The van der Waals surface area contributed by atoms with E-state index < -0.39 is 0 Å². The smallest absolute Gasteiger partial charge is 0.316 e. The summed E-state index contributed by atoms with van der Waals surface area (Å²) < 4.78 is 5.31. The van der Waals surface area contributed by atoms with Crippen LogP contribution in [0.5, 0.6) is 0 Å². The van der Waals surface area contributed by atoms with Crippen molar-refractivity contribution in [2.45, 2.75) is 25.9 Å². The Kier molecular flexibility index (Phi) is 4.12. The Hall–Kier alpha value is -2.10. The van der Waals surface area contributed by atoms with Crippen LogP contribution in [0.15, 0.2) is 42.7 Å². The quantitative estimate of drug-likeness (QED) is 0.823. The van der Waals surface area contributed by atoms with Crippen LogP contribution in [0.4, 0.5) is 0 Å². The maximum Gasteiger partial charge on any atom is 0.316 e. The highest BCUT2D eigenvalue weighted by Gasteiger charge is 2.22. The normalized spacial score (nSPS) is 12.1. The van der Waals surface area contributed by atoms with Crippen molar-refractivity contribution in [1.82, 2.24) is 9.97 Å². The Bertz CT molecular complexity index is 480. The summed E-state index contributed by atoms with van der Waals surface area (Å²) >= 11 is 0. The van der Waals surface area contributed by atoms with Crippen molar-refractivity contribution in [3.8, 4) is 0 Å². The molecule has 0 saturated carbocycles. The number of carbonyl (C=O) groups excluding carboxylic acids is 1. The molecule has 1 heterocycles. The van der Waals surface area contributed by atoms with E-state index in [-0.39, 0.29) is 11.9 Å². The highest BCUT2D eigenvalue weighted by molar-refractivity contribution is 5.76. The first-order valence-electron chi connectivity index (χ1n) is 6.01. The van der Waals surface area contributed by atoms with Crippen molar-refractivity contribution in [3.63, 3.8) is 0 Å². The van der Waals surface area contributed by atoms with Crippen LogP contribution in [0.3, 0.4) is 0 Å². The lowest BCUT2D eigenvalue weighted by Gasteiger charge is -2.11. The van der Waals surface area contributed by atoms with E-state index in [1.807, 2.05) is 37.3 Å². The van der Waals surface area contributed by atoms with E-state index in [2.05, 4.69) is 9.97 Å². The second-order valence-corrected chi connectivity index (χ2v) is 4.03. The van der Waals surface area contributed by atoms with Gasteiger partial charge in [-0.2, -0.15) is 0 Å². The molecule has 18 heavy (non-hydrogen) atoms. The second kappa shape index (κ2) is 6.00. The minimum Gasteiger partial charge on any atom is -0.460 e. The van der Waals surface area contributed by atoms with Gasteiger partial charge in [-0.1, -0.05) is 37.3 Å². The molecular formula is C14H16N2O2. The van der Waals surface area contributed by atoms with E-state index in [0.717, 1.165) is 5.56 Å². The third kappa shape index (κ3) is 2.97. The number of rotatable bonds is 5. The molecule has 1 aromatic heterocycles. The predicted molar refractivity (Wildman–Crippen MR) is 67.9 cm³/mol. The maximum absolute atomic E-state index is 12.0. The van der Waals surface area contributed by atoms with Gasteiger partial charge in [0.2, 0.25) is 0 Å². The molecule has 2 rings (SSSR count). The Morgan fingerprint density at radius 3 is 2.78 bits per heavy atom. The van der Waals surface area contributed by atoms with Gasteiger partial charge in [0.25, 0.3) is 0 Å². The minimum atomic E-state index is -0.316. The molecule has 4 heteroatoms. The molecule has 94 valence electrons. The molecule has 0 aliphatic heterocycles.